The van der Waals surface area contributed by atoms with Gasteiger partial charge in [-0.3, -0.25) is 4.98 Å². The van der Waals surface area contributed by atoms with Crippen molar-refractivity contribution in [2.24, 2.45) is 0 Å². The van der Waals surface area contributed by atoms with Crippen molar-refractivity contribution in [2.45, 2.75) is 13.5 Å². The van der Waals surface area contributed by atoms with Crippen LogP contribution in [0.3, 0.4) is 0 Å². The number of pyridine rings is 1. The highest BCUT2D eigenvalue weighted by molar-refractivity contribution is 6.30. The zero-order chi connectivity index (χ0) is 12.3. The predicted octanol–water partition coefficient (Wildman–Crippen LogP) is 3.79. The minimum absolute atomic E-state index is 0.348. The Kier molecular flexibility index (Phi) is 3.59. The molecule has 1 heterocycles. The van der Waals surface area contributed by atoms with E-state index in [-0.39, 0.29) is 5.82 Å². The molecule has 0 aliphatic carbocycles. The van der Waals surface area contributed by atoms with E-state index in [9.17, 15) is 4.39 Å². The van der Waals surface area contributed by atoms with Crippen LogP contribution in [0.5, 0.6) is 0 Å². The van der Waals surface area contributed by atoms with Crippen LogP contribution in [0.4, 0.5) is 10.1 Å². The molecule has 0 amide bonds. The van der Waals surface area contributed by atoms with Gasteiger partial charge in [0.1, 0.15) is 5.82 Å². The van der Waals surface area contributed by atoms with Crippen LogP contribution < -0.4 is 5.32 Å². The van der Waals surface area contributed by atoms with E-state index in [1.807, 2.05) is 13.0 Å². The third-order valence-electron chi connectivity index (χ3n) is 2.55. The van der Waals surface area contributed by atoms with E-state index >= 15 is 0 Å². The van der Waals surface area contributed by atoms with E-state index < -0.39 is 0 Å². The Morgan fingerprint density at radius 2 is 2.18 bits per heavy atom. The Morgan fingerprint density at radius 1 is 1.35 bits per heavy atom. The van der Waals surface area contributed by atoms with Gasteiger partial charge >= 0.3 is 0 Å². The normalized spacial score (nSPS) is 10.3. The largest absolute Gasteiger partial charge is 0.379 e. The SMILES string of the molecule is Cc1ccncc1CNc1ccc(Cl)cc1F. The number of halogens is 2. The second-order valence-electron chi connectivity index (χ2n) is 3.78. The first kappa shape index (κ1) is 11.9. The quantitative estimate of drug-likeness (QED) is 0.896. The summed E-state index contributed by atoms with van der Waals surface area (Å²) in [6, 6.07) is 6.50. The molecule has 0 bridgehead atoms. The van der Waals surface area contributed by atoms with Gasteiger partial charge in [-0.1, -0.05) is 11.6 Å². The van der Waals surface area contributed by atoms with Crippen molar-refractivity contribution in [1.29, 1.82) is 0 Å². The zero-order valence-electron chi connectivity index (χ0n) is 9.37. The van der Waals surface area contributed by atoms with Crippen molar-refractivity contribution in [2.75, 3.05) is 5.32 Å². The van der Waals surface area contributed by atoms with Gasteiger partial charge in [-0.15, -0.1) is 0 Å². The van der Waals surface area contributed by atoms with Crippen LogP contribution in [0.2, 0.25) is 5.02 Å². The molecule has 0 saturated carbocycles. The molecule has 1 N–H and O–H groups in total. The molecule has 0 unspecified atom stereocenters. The van der Waals surface area contributed by atoms with Crippen LogP contribution in [0, 0.1) is 12.7 Å². The molecule has 0 aliphatic rings. The minimum atomic E-state index is -0.348. The fraction of sp³-hybridized carbons (Fsp3) is 0.154. The molecule has 1 aromatic carbocycles. The summed E-state index contributed by atoms with van der Waals surface area (Å²) in [7, 11) is 0. The molecule has 2 aromatic rings. The highest BCUT2D eigenvalue weighted by Gasteiger charge is 2.03. The third kappa shape index (κ3) is 2.94. The molecule has 4 heteroatoms. The van der Waals surface area contributed by atoms with Gasteiger partial charge in [0.05, 0.1) is 5.69 Å². The molecular formula is C13H12ClFN2. The van der Waals surface area contributed by atoms with Gasteiger partial charge in [-0.2, -0.15) is 0 Å². The summed E-state index contributed by atoms with van der Waals surface area (Å²) in [5.74, 6) is -0.348. The second kappa shape index (κ2) is 5.15. The summed E-state index contributed by atoms with van der Waals surface area (Å²) < 4.78 is 13.5. The maximum atomic E-state index is 13.5. The fourth-order valence-electron chi connectivity index (χ4n) is 1.51. The number of aromatic nitrogens is 1. The number of hydrogen-bond acceptors (Lipinski definition) is 2. The number of benzene rings is 1. The second-order valence-corrected chi connectivity index (χ2v) is 4.22. The fourth-order valence-corrected chi connectivity index (χ4v) is 1.66. The first-order valence-electron chi connectivity index (χ1n) is 5.25. The average molecular weight is 251 g/mol. The van der Waals surface area contributed by atoms with Gasteiger partial charge in [0.25, 0.3) is 0 Å². The van der Waals surface area contributed by atoms with Crippen molar-refractivity contribution in [3.63, 3.8) is 0 Å². The van der Waals surface area contributed by atoms with Gasteiger partial charge in [0, 0.05) is 24.0 Å². The highest BCUT2D eigenvalue weighted by Crippen LogP contribution is 2.19. The lowest BCUT2D eigenvalue weighted by Gasteiger charge is -2.09. The Morgan fingerprint density at radius 3 is 2.88 bits per heavy atom. The van der Waals surface area contributed by atoms with Crippen LogP contribution >= 0.6 is 11.6 Å². The highest BCUT2D eigenvalue weighted by atomic mass is 35.5. The van der Waals surface area contributed by atoms with Crippen molar-refractivity contribution in [3.8, 4) is 0 Å². The lowest BCUT2D eigenvalue weighted by Crippen LogP contribution is -2.03. The Hall–Kier alpha value is -1.61. The van der Waals surface area contributed by atoms with E-state index in [4.69, 9.17) is 11.6 Å². The van der Waals surface area contributed by atoms with Crippen LogP contribution in [0.1, 0.15) is 11.1 Å². The molecule has 2 rings (SSSR count). The van der Waals surface area contributed by atoms with E-state index in [1.54, 1.807) is 24.5 Å². The smallest absolute Gasteiger partial charge is 0.147 e. The summed E-state index contributed by atoms with van der Waals surface area (Å²) in [5, 5.41) is 3.42. The van der Waals surface area contributed by atoms with E-state index in [0.717, 1.165) is 11.1 Å². The number of anilines is 1. The standard InChI is InChI=1S/C13H12ClFN2/c1-9-4-5-16-7-10(9)8-17-13-3-2-11(14)6-12(13)15/h2-7,17H,8H2,1H3. The molecule has 88 valence electrons. The van der Waals surface area contributed by atoms with Crippen molar-refractivity contribution in [1.82, 2.24) is 4.98 Å². The summed E-state index contributed by atoms with van der Waals surface area (Å²) in [5.41, 5.74) is 2.61. The Bertz CT molecular complexity index is 529. The molecule has 0 atom stereocenters. The Labute approximate surface area is 104 Å². The molecule has 1 aromatic heterocycles. The maximum absolute atomic E-state index is 13.5. The summed E-state index contributed by atoms with van der Waals surface area (Å²) in [6.07, 6.45) is 3.51. The van der Waals surface area contributed by atoms with Crippen LogP contribution in [-0.2, 0) is 6.54 Å². The molecule has 0 saturated heterocycles. The third-order valence-corrected chi connectivity index (χ3v) is 2.78. The van der Waals surface area contributed by atoms with Crippen LogP contribution in [-0.4, -0.2) is 4.98 Å². The van der Waals surface area contributed by atoms with Gasteiger partial charge in [0.2, 0.25) is 0 Å². The molecule has 17 heavy (non-hydrogen) atoms. The number of nitrogens with zero attached hydrogens (tertiary/aromatic N) is 1. The number of aryl methyl sites for hydroxylation is 1. The Balaban J connectivity index is 2.10. The van der Waals surface area contributed by atoms with Gasteiger partial charge < -0.3 is 5.32 Å². The van der Waals surface area contributed by atoms with E-state index in [1.165, 1.54) is 6.07 Å². The number of hydrogen-bond donors (Lipinski definition) is 1. The average Bonchev–Trinajstić information content (AvgIpc) is 2.30. The first-order chi connectivity index (χ1) is 8.16. The molecule has 2 nitrogen and oxygen atoms in total. The van der Waals surface area contributed by atoms with Crippen molar-refractivity contribution < 1.29 is 4.39 Å². The lowest BCUT2D eigenvalue weighted by atomic mass is 10.1. The zero-order valence-corrected chi connectivity index (χ0v) is 10.1. The predicted molar refractivity (Wildman–Crippen MR) is 67.7 cm³/mol. The van der Waals surface area contributed by atoms with Gasteiger partial charge in [-0.25, -0.2) is 4.39 Å². The summed E-state index contributed by atoms with van der Waals surface area (Å²) in [6.45, 7) is 2.54. The van der Waals surface area contributed by atoms with Gasteiger partial charge in [0.15, 0.2) is 0 Å². The van der Waals surface area contributed by atoms with Gasteiger partial charge in [-0.05, 0) is 42.3 Å². The van der Waals surface area contributed by atoms with Crippen LogP contribution in [0.25, 0.3) is 0 Å². The molecule has 0 radical (unpaired) electrons. The first-order valence-corrected chi connectivity index (χ1v) is 5.63. The lowest BCUT2D eigenvalue weighted by molar-refractivity contribution is 0.630. The van der Waals surface area contributed by atoms with Crippen molar-refractivity contribution >= 4 is 17.3 Å². The molecule has 0 fully saturated rings. The number of rotatable bonds is 3. The maximum Gasteiger partial charge on any atom is 0.147 e. The summed E-state index contributed by atoms with van der Waals surface area (Å²) >= 11 is 5.68. The monoisotopic (exact) mass is 250 g/mol. The van der Waals surface area contributed by atoms with Crippen molar-refractivity contribution in [3.05, 3.63) is 58.6 Å². The molecular weight excluding hydrogens is 239 g/mol. The summed E-state index contributed by atoms with van der Waals surface area (Å²) in [4.78, 5) is 4.04. The van der Waals surface area contributed by atoms with E-state index in [0.29, 0.717) is 17.3 Å². The minimum Gasteiger partial charge on any atom is -0.379 e. The molecule has 0 spiro atoms. The number of nitrogens with one attached hydrogen (secondary N) is 1. The topological polar surface area (TPSA) is 24.9 Å². The van der Waals surface area contributed by atoms with E-state index in [2.05, 4.69) is 10.3 Å². The molecule has 0 aliphatic heterocycles. The van der Waals surface area contributed by atoms with Crippen LogP contribution in [0.15, 0.2) is 36.7 Å².